The van der Waals surface area contributed by atoms with Crippen LogP contribution < -0.4 is 15.2 Å². The molecule has 0 spiro atoms. The van der Waals surface area contributed by atoms with E-state index in [0.29, 0.717) is 5.56 Å². The fourth-order valence-corrected chi connectivity index (χ4v) is 1.42. The minimum Gasteiger partial charge on any atom is -0.496 e. The average Bonchev–Trinajstić information content (AvgIpc) is 2.25. The molecule has 1 rings (SSSR count). The first-order valence-corrected chi connectivity index (χ1v) is 5.12. The van der Waals surface area contributed by atoms with Gasteiger partial charge in [-0.05, 0) is 19.1 Å². The summed E-state index contributed by atoms with van der Waals surface area (Å²) in [6.07, 6.45) is -5.62. The molecular formula is C11H14F3NO3. The quantitative estimate of drug-likeness (QED) is 0.873. The lowest BCUT2D eigenvalue weighted by Crippen LogP contribution is -2.24. The Bertz CT molecular complexity index is 407. The monoisotopic (exact) mass is 265 g/mol. The Balaban J connectivity index is 3.04. The van der Waals surface area contributed by atoms with E-state index in [-0.39, 0.29) is 5.75 Å². The van der Waals surface area contributed by atoms with Gasteiger partial charge in [0.1, 0.15) is 11.5 Å². The maximum Gasteiger partial charge on any atom is 0.573 e. The van der Waals surface area contributed by atoms with Crippen LogP contribution in [0.15, 0.2) is 18.2 Å². The van der Waals surface area contributed by atoms with Crippen molar-refractivity contribution in [2.45, 2.75) is 25.4 Å². The smallest absolute Gasteiger partial charge is 0.496 e. The molecule has 0 unspecified atom stereocenters. The van der Waals surface area contributed by atoms with Crippen molar-refractivity contribution in [3.05, 3.63) is 23.8 Å². The van der Waals surface area contributed by atoms with Gasteiger partial charge in [0, 0.05) is 11.6 Å². The van der Waals surface area contributed by atoms with Crippen LogP contribution >= 0.6 is 0 Å². The summed E-state index contributed by atoms with van der Waals surface area (Å²) in [5.74, 6) is -0.272. The number of aliphatic hydroxyl groups is 1. The third kappa shape index (κ3) is 3.78. The highest BCUT2D eigenvalue weighted by Gasteiger charge is 2.31. The second-order valence-electron chi connectivity index (χ2n) is 3.72. The molecule has 1 aromatic rings. The highest BCUT2D eigenvalue weighted by molar-refractivity contribution is 5.42. The highest BCUT2D eigenvalue weighted by atomic mass is 19.4. The Morgan fingerprint density at radius 1 is 1.33 bits per heavy atom. The average molecular weight is 265 g/mol. The largest absolute Gasteiger partial charge is 0.573 e. The van der Waals surface area contributed by atoms with Crippen molar-refractivity contribution in [3.63, 3.8) is 0 Å². The first kappa shape index (κ1) is 14.6. The summed E-state index contributed by atoms with van der Waals surface area (Å²) in [6, 6.07) is 2.77. The number of aliphatic hydroxyl groups excluding tert-OH is 1. The maximum absolute atomic E-state index is 12.0. The van der Waals surface area contributed by atoms with Gasteiger partial charge in [-0.3, -0.25) is 0 Å². The highest BCUT2D eigenvalue weighted by Crippen LogP contribution is 2.32. The number of ether oxygens (including phenoxy) is 2. The van der Waals surface area contributed by atoms with Crippen LogP contribution in [-0.4, -0.2) is 24.7 Å². The molecule has 0 radical (unpaired) electrons. The van der Waals surface area contributed by atoms with Crippen molar-refractivity contribution < 1.29 is 27.8 Å². The SMILES string of the molecule is COc1cc(OC(F)(F)F)ccc1[C@@H](N)[C@H](C)O. The molecule has 0 aliphatic heterocycles. The second kappa shape index (κ2) is 5.45. The van der Waals surface area contributed by atoms with Gasteiger partial charge in [-0.25, -0.2) is 0 Å². The van der Waals surface area contributed by atoms with Gasteiger partial charge in [-0.1, -0.05) is 0 Å². The lowest BCUT2D eigenvalue weighted by molar-refractivity contribution is -0.274. The number of hydrogen-bond donors (Lipinski definition) is 2. The Hall–Kier alpha value is -1.47. The summed E-state index contributed by atoms with van der Waals surface area (Å²) in [6.45, 7) is 1.48. The first-order valence-electron chi connectivity index (χ1n) is 5.12. The van der Waals surface area contributed by atoms with E-state index in [1.807, 2.05) is 0 Å². The fourth-order valence-electron chi connectivity index (χ4n) is 1.42. The summed E-state index contributed by atoms with van der Waals surface area (Å²) in [5, 5.41) is 9.36. The molecule has 0 saturated heterocycles. The van der Waals surface area contributed by atoms with E-state index in [1.54, 1.807) is 0 Å². The first-order chi connectivity index (χ1) is 8.24. The minimum atomic E-state index is -4.76. The molecule has 0 amide bonds. The summed E-state index contributed by atoms with van der Waals surface area (Å²) in [5.41, 5.74) is 6.10. The molecule has 18 heavy (non-hydrogen) atoms. The van der Waals surface area contributed by atoms with Crippen molar-refractivity contribution >= 4 is 0 Å². The minimum absolute atomic E-state index is 0.130. The molecule has 0 fully saturated rings. The van der Waals surface area contributed by atoms with Crippen LogP contribution in [0.1, 0.15) is 18.5 Å². The summed E-state index contributed by atoms with van der Waals surface area (Å²) in [4.78, 5) is 0. The Morgan fingerprint density at radius 3 is 2.39 bits per heavy atom. The van der Waals surface area contributed by atoms with Crippen LogP contribution in [0, 0.1) is 0 Å². The van der Waals surface area contributed by atoms with E-state index in [4.69, 9.17) is 10.5 Å². The number of nitrogens with two attached hydrogens (primary N) is 1. The summed E-state index contributed by atoms with van der Waals surface area (Å²) >= 11 is 0. The topological polar surface area (TPSA) is 64.7 Å². The second-order valence-corrected chi connectivity index (χ2v) is 3.72. The van der Waals surface area contributed by atoms with Gasteiger partial charge in [0.15, 0.2) is 0 Å². The Morgan fingerprint density at radius 2 is 1.94 bits per heavy atom. The molecule has 1 aromatic carbocycles. The number of alkyl halides is 3. The van der Waals surface area contributed by atoms with Crippen LogP contribution in [0.5, 0.6) is 11.5 Å². The fraction of sp³-hybridized carbons (Fsp3) is 0.455. The van der Waals surface area contributed by atoms with Gasteiger partial charge >= 0.3 is 6.36 Å². The molecule has 4 nitrogen and oxygen atoms in total. The molecule has 7 heteroatoms. The molecule has 3 N–H and O–H groups in total. The molecule has 0 saturated carbocycles. The maximum atomic E-state index is 12.0. The normalized spacial score (nSPS) is 15.1. The molecule has 0 aliphatic rings. The van der Waals surface area contributed by atoms with Gasteiger partial charge in [-0.2, -0.15) is 0 Å². The van der Waals surface area contributed by atoms with Crippen LogP contribution in [-0.2, 0) is 0 Å². The third-order valence-corrected chi connectivity index (χ3v) is 2.32. The third-order valence-electron chi connectivity index (χ3n) is 2.32. The number of halogens is 3. The van der Waals surface area contributed by atoms with Crippen molar-refractivity contribution in [3.8, 4) is 11.5 Å². The van der Waals surface area contributed by atoms with Gasteiger partial charge in [0.05, 0.1) is 19.3 Å². The van der Waals surface area contributed by atoms with E-state index in [1.165, 1.54) is 20.1 Å². The van der Waals surface area contributed by atoms with Crippen molar-refractivity contribution in [2.75, 3.05) is 7.11 Å². The molecule has 0 aromatic heterocycles. The lowest BCUT2D eigenvalue weighted by Gasteiger charge is -2.19. The molecular weight excluding hydrogens is 251 g/mol. The Labute approximate surface area is 102 Å². The molecule has 0 aliphatic carbocycles. The standard InChI is InChI=1S/C11H14F3NO3/c1-6(16)10(15)8-4-3-7(5-9(8)17-2)18-11(12,13)14/h3-6,10,16H,15H2,1-2H3/t6-,10-/m0/s1. The zero-order chi connectivity index (χ0) is 13.9. The van der Waals surface area contributed by atoms with E-state index in [2.05, 4.69) is 4.74 Å². The summed E-state index contributed by atoms with van der Waals surface area (Å²) < 4.78 is 44.8. The lowest BCUT2D eigenvalue weighted by atomic mass is 10.0. The number of hydrogen-bond acceptors (Lipinski definition) is 4. The predicted octanol–water partition coefficient (Wildman–Crippen LogP) is 1.97. The van der Waals surface area contributed by atoms with E-state index in [0.717, 1.165) is 12.1 Å². The number of rotatable bonds is 4. The molecule has 2 atom stereocenters. The molecule has 102 valence electrons. The van der Waals surface area contributed by atoms with Crippen molar-refractivity contribution in [1.29, 1.82) is 0 Å². The Kier molecular flexibility index (Phi) is 4.42. The van der Waals surface area contributed by atoms with Gasteiger partial charge in [0.25, 0.3) is 0 Å². The van der Waals surface area contributed by atoms with Crippen LogP contribution in [0.3, 0.4) is 0 Å². The number of methoxy groups -OCH3 is 1. The van der Waals surface area contributed by atoms with E-state index >= 15 is 0 Å². The van der Waals surface area contributed by atoms with Gasteiger partial charge in [0.2, 0.25) is 0 Å². The van der Waals surface area contributed by atoms with Crippen LogP contribution in [0.4, 0.5) is 13.2 Å². The van der Waals surface area contributed by atoms with Gasteiger partial charge in [-0.15, -0.1) is 13.2 Å². The summed E-state index contributed by atoms with van der Waals surface area (Å²) in [7, 11) is 1.30. The van der Waals surface area contributed by atoms with E-state index < -0.39 is 24.3 Å². The van der Waals surface area contributed by atoms with Crippen LogP contribution in [0.2, 0.25) is 0 Å². The van der Waals surface area contributed by atoms with Crippen LogP contribution in [0.25, 0.3) is 0 Å². The van der Waals surface area contributed by atoms with Gasteiger partial charge < -0.3 is 20.3 Å². The van der Waals surface area contributed by atoms with E-state index in [9.17, 15) is 18.3 Å². The zero-order valence-electron chi connectivity index (χ0n) is 9.86. The zero-order valence-corrected chi connectivity index (χ0v) is 9.86. The predicted molar refractivity (Wildman–Crippen MR) is 58.3 cm³/mol. The van der Waals surface area contributed by atoms with Crippen molar-refractivity contribution in [2.24, 2.45) is 5.73 Å². The van der Waals surface area contributed by atoms with Crippen molar-refractivity contribution in [1.82, 2.24) is 0 Å². The number of benzene rings is 1. The molecule has 0 bridgehead atoms. The molecule has 0 heterocycles.